The largest absolute Gasteiger partial charge is 0.269 e. The van der Waals surface area contributed by atoms with Crippen LogP contribution in [0.5, 0.6) is 0 Å². The molecule has 74 valence electrons. The normalized spacial score (nSPS) is 8.29. The topological polar surface area (TPSA) is 94.0 Å². The number of nitro groups is 1. The molecule has 0 unspecified atom stereocenters. The van der Waals surface area contributed by atoms with Crippen molar-refractivity contribution < 1.29 is 4.92 Å². The molecule has 1 aromatic carbocycles. The Morgan fingerprint density at radius 2 is 1.64 bits per heavy atom. The van der Waals surface area contributed by atoms with Gasteiger partial charge in [0, 0.05) is 46.5 Å². The third kappa shape index (κ3) is 3.43. The molecule has 0 aliphatic rings. The van der Waals surface area contributed by atoms with Gasteiger partial charge in [0.05, 0.1) is 10.6 Å². The Morgan fingerprint density at radius 3 is 1.93 bits per heavy atom. The first-order chi connectivity index (χ1) is 6.61. The number of nitrogens with zero attached hydrogens (tertiary/aromatic N) is 4. The van der Waals surface area contributed by atoms with Crippen LogP contribution in [0.15, 0.2) is 24.3 Å². The smallest absolute Gasteiger partial charge is 0.258 e. The molecule has 0 saturated carbocycles. The molecule has 0 atom stereocenters. The maximum absolute atomic E-state index is 10.2. The van der Waals surface area contributed by atoms with Crippen molar-refractivity contribution in [1.82, 2.24) is 0 Å². The average molecular weight is 235 g/mol. The highest BCUT2D eigenvalue weighted by Crippen LogP contribution is 2.21. The molecule has 0 bridgehead atoms. The van der Waals surface area contributed by atoms with Gasteiger partial charge < -0.3 is 0 Å². The van der Waals surface area contributed by atoms with Gasteiger partial charge in [0.1, 0.15) is 0 Å². The van der Waals surface area contributed by atoms with Crippen molar-refractivity contribution in [1.29, 1.82) is 10.8 Å². The molecule has 1 rings (SSSR count). The molecule has 14 heavy (non-hydrogen) atoms. The first-order valence-electron chi connectivity index (χ1n) is 3.17. The molecule has 0 aliphatic carbocycles. The Kier molecular flexibility index (Phi) is 5.29. The van der Waals surface area contributed by atoms with E-state index in [0.29, 0.717) is 5.69 Å². The van der Waals surface area contributed by atoms with Gasteiger partial charge in [-0.1, -0.05) is 0 Å². The number of nitro benzene ring substituents is 1. The SMILES string of the molecule is N#N.O=[N+]([O-])c1ccc(N(Cl)Cl)cc1. The van der Waals surface area contributed by atoms with Crippen molar-refractivity contribution >= 4 is 34.9 Å². The van der Waals surface area contributed by atoms with Crippen LogP contribution in [-0.2, 0) is 0 Å². The number of halogens is 2. The second kappa shape index (κ2) is 5.96. The van der Waals surface area contributed by atoms with Crippen LogP contribution in [0.4, 0.5) is 11.4 Å². The summed E-state index contributed by atoms with van der Waals surface area (Å²) >= 11 is 10.7. The van der Waals surface area contributed by atoms with Crippen molar-refractivity contribution in [2.45, 2.75) is 0 Å². The molecule has 0 spiro atoms. The first-order valence-corrected chi connectivity index (χ1v) is 3.85. The second-order valence-corrected chi connectivity index (χ2v) is 2.86. The van der Waals surface area contributed by atoms with Crippen LogP contribution in [0.2, 0.25) is 0 Å². The number of hydrogen-bond donors (Lipinski definition) is 0. The summed E-state index contributed by atoms with van der Waals surface area (Å²) in [5.41, 5.74) is 0.498. The minimum atomic E-state index is -0.490. The molecule has 0 radical (unpaired) electrons. The van der Waals surface area contributed by atoms with Gasteiger partial charge in [-0.2, -0.15) is 3.94 Å². The molecular formula is C6H4Cl2N4O2. The summed E-state index contributed by atoms with van der Waals surface area (Å²) in [4.78, 5) is 9.72. The lowest BCUT2D eigenvalue weighted by Gasteiger charge is -2.03. The maximum atomic E-state index is 10.2. The Labute approximate surface area is 89.4 Å². The highest BCUT2D eigenvalue weighted by molar-refractivity contribution is 6.49. The third-order valence-electron chi connectivity index (χ3n) is 1.26. The lowest BCUT2D eigenvalue weighted by molar-refractivity contribution is -0.384. The van der Waals surface area contributed by atoms with Gasteiger partial charge in [-0.3, -0.25) is 10.1 Å². The average Bonchev–Trinajstić information content (AvgIpc) is 2.21. The van der Waals surface area contributed by atoms with Crippen molar-refractivity contribution in [3.05, 3.63) is 34.4 Å². The van der Waals surface area contributed by atoms with Gasteiger partial charge in [-0.25, -0.2) is 0 Å². The van der Waals surface area contributed by atoms with Crippen LogP contribution in [0.1, 0.15) is 0 Å². The van der Waals surface area contributed by atoms with E-state index in [4.69, 9.17) is 34.3 Å². The van der Waals surface area contributed by atoms with E-state index in [1.54, 1.807) is 0 Å². The molecule has 0 heterocycles. The van der Waals surface area contributed by atoms with Crippen molar-refractivity contribution in [2.24, 2.45) is 0 Å². The maximum Gasteiger partial charge on any atom is 0.269 e. The van der Waals surface area contributed by atoms with E-state index in [0.717, 1.165) is 3.94 Å². The molecule has 0 fully saturated rings. The van der Waals surface area contributed by atoms with Gasteiger partial charge in [0.25, 0.3) is 5.69 Å². The molecule has 0 amide bonds. The highest BCUT2D eigenvalue weighted by atomic mass is 35.5. The van der Waals surface area contributed by atoms with Crippen LogP contribution < -0.4 is 3.94 Å². The second-order valence-electron chi connectivity index (χ2n) is 2.01. The minimum absolute atomic E-state index is 0.00827. The van der Waals surface area contributed by atoms with E-state index in [1.165, 1.54) is 24.3 Å². The van der Waals surface area contributed by atoms with E-state index in [2.05, 4.69) is 0 Å². The fourth-order valence-corrected chi connectivity index (χ4v) is 0.912. The first kappa shape index (κ1) is 12.4. The summed E-state index contributed by atoms with van der Waals surface area (Å²) in [6, 6.07) is 5.57. The molecule has 0 aromatic heterocycles. The summed E-state index contributed by atoms with van der Waals surface area (Å²) < 4.78 is 0.837. The predicted octanol–water partition coefficient (Wildman–Crippen LogP) is 2.74. The Balaban J connectivity index is 0.000000791. The number of anilines is 1. The standard InChI is InChI=1S/C6H4Cl2N2O2.N2/c7-9(8)5-1-3-6(4-2-5)10(11)12;1-2/h1-4H;. The van der Waals surface area contributed by atoms with Crippen LogP contribution in [0.25, 0.3) is 0 Å². The van der Waals surface area contributed by atoms with E-state index in [9.17, 15) is 10.1 Å². The lowest BCUT2D eigenvalue weighted by atomic mass is 10.3. The van der Waals surface area contributed by atoms with Crippen molar-refractivity contribution in [3.8, 4) is 0 Å². The van der Waals surface area contributed by atoms with Gasteiger partial charge >= 0.3 is 0 Å². The van der Waals surface area contributed by atoms with E-state index in [-0.39, 0.29) is 5.69 Å². The zero-order valence-corrected chi connectivity index (χ0v) is 8.18. The number of rotatable bonds is 2. The van der Waals surface area contributed by atoms with Gasteiger partial charge in [0.15, 0.2) is 0 Å². The van der Waals surface area contributed by atoms with Crippen molar-refractivity contribution in [3.63, 3.8) is 0 Å². The van der Waals surface area contributed by atoms with E-state index >= 15 is 0 Å². The molecule has 0 N–H and O–H groups in total. The van der Waals surface area contributed by atoms with Gasteiger partial charge in [-0.05, 0) is 12.1 Å². The fraction of sp³-hybridized carbons (Fsp3) is 0. The van der Waals surface area contributed by atoms with Gasteiger partial charge in [-0.15, -0.1) is 0 Å². The van der Waals surface area contributed by atoms with Crippen LogP contribution >= 0.6 is 23.6 Å². The van der Waals surface area contributed by atoms with Crippen LogP contribution in [0, 0.1) is 20.9 Å². The fourth-order valence-electron chi connectivity index (χ4n) is 0.687. The molecule has 6 nitrogen and oxygen atoms in total. The number of non-ortho nitro benzene ring substituents is 1. The Morgan fingerprint density at radius 1 is 1.21 bits per heavy atom. The summed E-state index contributed by atoms with van der Waals surface area (Å²) in [7, 11) is 0. The van der Waals surface area contributed by atoms with Crippen molar-refractivity contribution in [2.75, 3.05) is 3.94 Å². The van der Waals surface area contributed by atoms with E-state index in [1.807, 2.05) is 0 Å². The summed E-state index contributed by atoms with van der Waals surface area (Å²) in [5.74, 6) is 0. The van der Waals surface area contributed by atoms with Gasteiger partial charge in [0.2, 0.25) is 0 Å². The number of benzene rings is 1. The highest BCUT2D eigenvalue weighted by Gasteiger charge is 2.05. The molecule has 1 aromatic rings. The lowest BCUT2D eigenvalue weighted by Crippen LogP contribution is -1.92. The zero-order valence-electron chi connectivity index (χ0n) is 6.67. The third-order valence-corrected chi connectivity index (χ3v) is 1.65. The van der Waals surface area contributed by atoms with E-state index < -0.39 is 4.92 Å². The van der Waals surface area contributed by atoms with Crippen LogP contribution in [-0.4, -0.2) is 4.92 Å². The van der Waals surface area contributed by atoms with Crippen LogP contribution in [0.3, 0.4) is 0 Å². The molecule has 0 saturated heterocycles. The molecule has 0 aliphatic heterocycles. The molecular weight excluding hydrogens is 231 g/mol. The quantitative estimate of drug-likeness (QED) is 0.340. The Hall–Kier alpha value is -1.58. The summed E-state index contributed by atoms with van der Waals surface area (Å²) in [6.45, 7) is 0. The summed E-state index contributed by atoms with van der Waals surface area (Å²) in [6.07, 6.45) is 0. The monoisotopic (exact) mass is 234 g/mol. The predicted molar refractivity (Wildman–Crippen MR) is 50.7 cm³/mol. The zero-order chi connectivity index (χ0) is 11.1. The minimum Gasteiger partial charge on any atom is -0.258 e. The molecule has 8 heteroatoms. The Bertz CT molecular complexity index is 324. The summed E-state index contributed by atoms with van der Waals surface area (Å²) in [5, 5.41) is 22.2. The number of hydrogen-bond acceptors (Lipinski definition) is 5.